The van der Waals surface area contributed by atoms with E-state index in [-0.39, 0.29) is 0 Å². The van der Waals surface area contributed by atoms with Crippen LogP contribution in [0.4, 0.5) is 0 Å². The fourth-order valence-electron chi connectivity index (χ4n) is 2.76. The zero-order valence-corrected chi connectivity index (χ0v) is 22.1. The molecule has 0 aliphatic rings. The molecule has 1 N–H and O–H groups in total. The van der Waals surface area contributed by atoms with Crippen molar-refractivity contribution in [1.29, 1.82) is 0 Å². The van der Waals surface area contributed by atoms with Crippen LogP contribution in [0.5, 0.6) is 0 Å². The van der Waals surface area contributed by atoms with Gasteiger partial charge in [-0.25, -0.2) is 0 Å². The molecule has 0 aliphatic heterocycles. The summed E-state index contributed by atoms with van der Waals surface area (Å²) >= 11 is 0. The molecule has 0 aromatic rings. The summed E-state index contributed by atoms with van der Waals surface area (Å²) in [4.78, 5) is 2.34. The fourth-order valence-corrected chi connectivity index (χ4v) is 2.76. The molecule has 0 radical (unpaired) electrons. The highest BCUT2D eigenvalue weighted by molar-refractivity contribution is 4.60. The van der Waals surface area contributed by atoms with Gasteiger partial charge in [-0.15, -0.1) is 0 Å². The highest BCUT2D eigenvalue weighted by Crippen LogP contribution is 1.91. The summed E-state index contributed by atoms with van der Waals surface area (Å²) in [5.41, 5.74) is 0. The van der Waals surface area contributed by atoms with E-state index < -0.39 is 0 Å². The molecule has 0 aromatic heterocycles. The Morgan fingerprint density at radius 1 is 0.382 bits per heavy atom. The lowest BCUT2D eigenvalue weighted by atomic mass is 10.4. The molecule has 10 heteroatoms. The summed E-state index contributed by atoms with van der Waals surface area (Å²) in [6, 6.07) is 0. The van der Waals surface area contributed by atoms with E-state index in [2.05, 4.69) is 10.2 Å². The molecule has 0 saturated carbocycles. The molecule has 0 amide bonds. The molecule has 10 nitrogen and oxygen atoms in total. The van der Waals surface area contributed by atoms with Gasteiger partial charge in [-0.05, 0) is 20.8 Å². The first-order chi connectivity index (χ1) is 16.8. The van der Waals surface area contributed by atoms with Crippen LogP contribution >= 0.6 is 0 Å². The third kappa shape index (κ3) is 27.8. The van der Waals surface area contributed by atoms with Gasteiger partial charge in [0.05, 0.1) is 85.9 Å². The zero-order chi connectivity index (χ0) is 24.8. The van der Waals surface area contributed by atoms with Crippen molar-refractivity contribution in [3.63, 3.8) is 0 Å². The molecule has 0 heterocycles. The van der Waals surface area contributed by atoms with Gasteiger partial charge in [0.1, 0.15) is 0 Å². The van der Waals surface area contributed by atoms with Crippen LogP contribution in [-0.4, -0.2) is 143 Å². The van der Waals surface area contributed by atoms with Gasteiger partial charge >= 0.3 is 0 Å². The number of nitrogens with zero attached hydrogens (tertiary/aromatic N) is 1. The number of nitrogens with one attached hydrogen (secondary N) is 1. The van der Waals surface area contributed by atoms with Crippen molar-refractivity contribution in [2.45, 2.75) is 20.8 Å². The predicted octanol–water partition coefficient (Wildman–Crippen LogP) is 1.07. The maximum absolute atomic E-state index is 5.72. The van der Waals surface area contributed by atoms with E-state index in [0.717, 1.165) is 52.5 Å². The Balaban J connectivity index is 3.85. The zero-order valence-electron chi connectivity index (χ0n) is 22.1. The molecule has 0 fully saturated rings. The first-order valence-corrected chi connectivity index (χ1v) is 12.9. The first-order valence-electron chi connectivity index (χ1n) is 12.9. The molecule has 0 rings (SSSR count). The van der Waals surface area contributed by atoms with E-state index >= 15 is 0 Å². The molecule has 34 heavy (non-hydrogen) atoms. The second-order valence-corrected chi connectivity index (χ2v) is 7.24. The molecule has 206 valence electrons. The van der Waals surface area contributed by atoms with Crippen molar-refractivity contribution < 1.29 is 37.9 Å². The van der Waals surface area contributed by atoms with Crippen molar-refractivity contribution in [2.75, 3.05) is 138 Å². The van der Waals surface area contributed by atoms with Crippen LogP contribution in [0.15, 0.2) is 0 Å². The SMILES string of the molecule is CCOCCOCCNCCN(CCOCCOCCOCC)CCOCCOCCOCC. The number of hydrogen-bond acceptors (Lipinski definition) is 10. The van der Waals surface area contributed by atoms with Crippen LogP contribution in [0, 0.1) is 0 Å². The smallest absolute Gasteiger partial charge is 0.0701 e. The predicted molar refractivity (Wildman–Crippen MR) is 133 cm³/mol. The molecule has 0 aliphatic carbocycles. The van der Waals surface area contributed by atoms with Crippen molar-refractivity contribution in [3.05, 3.63) is 0 Å². The van der Waals surface area contributed by atoms with Gasteiger partial charge in [0.15, 0.2) is 0 Å². The van der Waals surface area contributed by atoms with E-state index in [9.17, 15) is 0 Å². The second-order valence-electron chi connectivity index (χ2n) is 7.24. The van der Waals surface area contributed by atoms with Gasteiger partial charge in [0.25, 0.3) is 0 Å². The summed E-state index contributed by atoms with van der Waals surface area (Å²) in [6.07, 6.45) is 0. The molecule has 0 unspecified atom stereocenters. The largest absolute Gasteiger partial charge is 0.379 e. The molecule has 0 bridgehead atoms. The molecule has 0 saturated heterocycles. The second kappa shape index (κ2) is 30.6. The Bertz CT molecular complexity index is 318. The van der Waals surface area contributed by atoms with E-state index in [4.69, 9.17) is 37.9 Å². The maximum Gasteiger partial charge on any atom is 0.0701 e. The van der Waals surface area contributed by atoms with Crippen LogP contribution in [0.2, 0.25) is 0 Å². The average molecular weight is 497 g/mol. The van der Waals surface area contributed by atoms with Gasteiger partial charge < -0.3 is 43.2 Å². The van der Waals surface area contributed by atoms with Crippen molar-refractivity contribution in [1.82, 2.24) is 10.2 Å². The topological polar surface area (TPSA) is 89.1 Å². The van der Waals surface area contributed by atoms with Gasteiger partial charge in [-0.1, -0.05) is 0 Å². The maximum atomic E-state index is 5.72. The molecule has 0 atom stereocenters. The van der Waals surface area contributed by atoms with Crippen molar-refractivity contribution in [2.24, 2.45) is 0 Å². The van der Waals surface area contributed by atoms with Crippen LogP contribution in [-0.2, 0) is 37.9 Å². The van der Waals surface area contributed by atoms with E-state index in [1.165, 1.54) is 0 Å². The summed E-state index contributed by atoms with van der Waals surface area (Å²) < 4.78 is 43.7. The summed E-state index contributed by atoms with van der Waals surface area (Å²) in [7, 11) is 0. The van der Waals surface area contributed by atoms with E-state index in [1.807, 2.05) is 20.8 Å². The Labute approximate surface area is 207 Å². The van der Waals surface area contributed by atoms with Gasteiger partial charge in [-0.2, -0.15) is 0 Å². The lowest BCUT2D eigenvalue weighted by Gasteiger charge is -2.22. The molecular formula is C24H52N2O8. The number of ether oxygens (including phenoxy) is 8. The summed E-state index contributed by atoms with van der Waals surface area (Å²) in [5.74, 6) is 0. The van der Waals surface area contributed by atoms with Gasteiger partial charge in [0.2, 0.25) is 0 Å². The monoisotopic (exact) mass is 496 g/mol. The number of rotatable bonds is 30. The standard InChI is InChI=1S/C24H52N2O8/c1-4-27-15-18-30-12-8-25-7-9-26(10-13-31-21-23-33-19-16-28-5-2)11-14-32-22-24-34-20-17-29-6-3/h25H,4-24H2,1-3H3. The normalized spacial score (nSPS) is 11.6. The van der Waals surface area contributed by atoms with Gasteiger partial charge in [-0.3, -0.25) is 4.90 Å². The Hall–Kier alpha value is -0.400. The third-order valence-corrected chi connectivity index (χ3v) is 4.60. The van der Waals surface area contributed by atoms with E-state index in [0.29, 0.717) is 85.9 Å². The Morgan fingerprint density at radius 2 is 0.735 bits per heavy atom. The number of hydrogen-bond donors (Lipinski definition) is 1. The minimum atomic E-state index is 0.588. The summed E-state index contributed by atoms with van der Waals surface area (Å²) in [6.45, 7) is 20.6. The van der Waals surface area contributed by atoms with Crippen LogP contribution in [0.25, 0.3) is 0 Å². The molecular weight excluding hydrogens is 444 g/mol. The van der Waals surface area contributed by atoms with Crippen molar-refractivity contribution in [3.8, 4) is 0 Å². The molecule has 0 spiro atoms. The average Bonchev–Trinajstić information content (AvgIpc) is 2.85. The summed E-state index contributed by atoms with van der Waals surface area (Å²) in [5, 5.41) is 3.42. The quantitative estimate of drug-likeness (QED) is 0.146. The lowest BCUT2D eigenvalue weighted by Crippen LogP contribution is -2.37. The van der Waals surface area contributed by atoms with Gasteiger partial charge in [0, 0.05) is 52.5 Å². The third-order valence-electron chi connectivity index (χ3n) is 4.60. The fraction of sp³-hybridized carbons (Fsp3) is 1.00. The highest BCUT2D eigenvalue weighted by atomic mass is 16.5. The van der Waals surface area contributed by atoms with Crippen molar-refractivity contribution >= 4 is 0 Å². The van der Waals surface area contributed by atoms with Crippen LogP contribution in [0.1, 0.15) is 20.8 Å². The lowest BCUT2D eigenvalue weighted by molar-refractivity contribution is 0.00421. The Morgan fingerprint density at radius 3 is 1.15 bits per heavy atom. The van der Waals surface area contributed by atoms with Crippen LogP contribution in [0.3, 0.4) is 0 Å². The molecule has 0 aromatic carbocycles. The van der Waals surface area contributed by atoms with Crippen LogP contribution < -0.4 is 5.32 Å². The minimum Gasteiger partial charge on any atom is -0.379 e. The highest BCUT2D eigenvalue weighted by Gasteiger charge is 2.05. The Kier molecular flexibility index (Phi) is 30.3. The first kappa shape index (κ1) is 33.6. The minimum absolute atomic E-state index is 0.588. The van der Waals surface area contributed by atoms with E-state index in [1.54, 1.807) is 0 Å².